The van der Waals surface area contributed by atoms with Gasteiger partial charge in [-0.25, -0.2) is 0 Å². The minimum absolute atomic E-state index is 0. The summed E-state index contributed by atoms with van der Waals surface area (Å²) in [7, 11) is 0. The summed E-state index contributed by atoms with van der Waals surface area (Å²) in [6, 6.07) is 0. The summed E-state index contributed by atoms with van der Waals surface area (Å²) in [6.45, 7) is 0. The van der Waals surface area contributed by atoms with Crippen LogP contribution in [0.3, 0.4) is 0 Å². The molecule has 0 unspecified atom stereocenters. The zero-order valence-corrected chi connectivity index (χ0v) is 18.9. The first kappa shape index (κ1) is 58.8. The molecule has 8 heavy (non-hydrogen) atoms. The van der Waals surface area contributed by atoms with E-state index in [-0.39, 0.29) is 229 Å². The van der Waals surface area contributed by atoms with Crippen molar-refractivity contribution in [3.05, 3.63) is 0 Å². The van der Waals surface area contributed by atoms with E-state index in [2.05, 4.69) is 0 Å². The van der Waals surface area contributed by atoms with Gasteiger partial charge in [0.15, 0.2) is 0 Å². The second-order valence-electron chi connectivity index (χ2n) is 0. The van der Waals surface area contributed by atoms with Crippen LogP contribution in [0.5, 0.6) is 0 Å². The Morgan fingerprint density at radius 2 is 0.250 bits per heavy atom. The maximum absolute atomic E-state index is 0. The molecule has 0 nitrogen and oxygen atoms in total. The number of rotatable bonds is 0. The van der Waals surface area contributed by atoms with Crippen LogP contribution in [0.1, 0.15) is 0 Å². The largest absolute Gasteiger partial charge is 0 e. The molecule has 0 fully saturated rings. The predicted molar refractivity (Wildman–Crippen MR) is 28.8 cm³/mol. The summed E-state index contributed by atoms with van der Waals surface area (Å²) in [6.07, 6.45) is 0. The topological polar surface area (TPSA) is 0 Å². The zero-order valence-electron chi connectivity index (χ0n) is 3.30. The fourth-order valence-corrected chi connectivity index (χ4v) is 0. The van der Waals surface area contributed by atoms with Crippen molar-refractivity contribution in [1.82, 2.24) is 0 Å². The van der Waals surface area contributed by atoms with Crippen molar-refractivity contribution in [3.63, 3.8) is 0 Å². The van der Waals surface area contributed by atoms with Gasteiger partial charge in [-0.05, 0) is 0 Å². The van der Waals surface area contributed by atoms with Gasteiger partial charge in [-0.1, -0.05) is 0 Å². The zero-order chi connectivity index (χ0) is 0. The fraction of sp³-hybridized carbons (Fsp3) is 0. The van der Waals surface area contributed by atoms with Gasteiger partial charge < -0.3 is 0 Å². The van der Waals surface area contributed by atoms with Crippen LogP contribution >= 0.6 is 0 Å². The molecule has 8 heteroatoms. The van der Waals surface area contributed by atoms with E-state index in [4.69, 9.17) is 0 Å². The van der Waals surface area contributed by atoms with E-state index in [1.54, 1.807) is 0 Å². The van der Waals surface area contributed by atoms with Gasteiger partial charge in [-0.3, -0.25) is 0 Å². The Hall–Kier alpha value is 7.27. The molecule has 0 aliphatic heterocycles. The van der Waals surface area contributed by atoms with E-state index >= 15 is 0 Å². The first-order valence-corrected chi connectivity index (χ1v) is 0. The van der Waals surface area contributed by atoms with Crippen molar-refractivity contribution in [2.75, 3.05) is 0 Å². The Kier molecular flexibility index (Phi) is 350. The third-order valence-corrected chi connectivity index (χ3v) is 0. The molecular formula is Ge5Yb3. The molecule has 62 valence electrons. The fourth-order valence-electron chi connectivity index (χ4n) is 0. The third-order valence-electron chi connectivity index (χ3n) is 0. The Balaban J connectivity index is 0. The molecule has 0 bridgehead atoms. The van der Waals surface area contributed by atoms with E-state index < -0.39 is 0 Å². The van der Waals surface area contributed by atoms with E-state index in [1.165, 1.54) is 0 Å². The average molecular weight is 882 g/mol. The van der Waals surface area contributed by atoms with Gasteiger partial charge >= 0.3 is 0 Å². The molecule has 0 aliphatic carbocycles. The first-order chi connectivity index (χ1) is 0. The van der Waals surface area contributed by atoms with Gasteiger partial charge in [0, 0.05) is 229 Å². The summed E-state index contributed by atoms with van der Waals surface area (Å²) < 4.78 is 0. The molecule has 0 amide bonds. The SMILES string of the molecule is [Ge].[Ge].[Ge].[Ge].[Ge].[Yb].[Yb].[Yb]. The summed E-state index contributed by atoms with van der Waals surface area (Å²) in [5.74, 6) is 0. The Morgan fingerprint density at radius 3 is 0.250 bits per heavy atom. The molecule has 0 aromatic rings. The van der Waals surface area contributed by atoms with Crippen molar-refractivity contribution in [3.8, 4) is 0 Å². The molecule has 0 aliphatic rings. The molecule has 0 saturated carbocycles. The van der Waals surface area contributed by atoms with Crippen molar-refractivity contribution < 1.29 is 141 Å². The van der Waals surface area contributed by atoms with Crippen LogP contribution in [0.2, 0.25) is 0 Å². The van der Waals surface area contributed by atoms with Crippen molar-refractivity contribution in [2.24, 2.45) is 0 Å². The predicted octanol–water partition coefficient (Wildman–Crippen LogP) is -1.90. The van der Waals surface area contributed by atoms with E-state index in [0.29, 0.717) is 0 Å². The molecular weight excluding hydrogens is 882 g/mol. The monoisotopic (exact) mass is 891 g/mol. The second-order valence-corrected chi connectivity index (χ2v) is 0. The Bertz CT molecular complexity index is 7.64. The number of hydrogen-bond donors (Lipinski definition) is 0. The van der Waals surface area contributed by atoms with Gasteiger partial charge in [-0.15, -0.1) is 0 Å². The smallest absolute Gasteiger partial charge is 0 e. The van der Waals surface area contributed by atoms with Crippen LogP contribution in [-0.4, -0.2) is 88.0 Å². The summed E-state index contributed by atoms with van der Waals surface area (Å²) in [5, 5.41) is 0. The molecule has 20 radical (unpaired) electrons. The van der Waals surface area contributed by atoms with Gasteiger partial charge in [0.05, 0.1) is 0 Å². The first-order valence-electron chi connectivity index (χ1n) is 0. The van der Waals surface area contributed by atoms with Crippen LogP contribution in [0, 0.1) is 141 Å². The van der Waals surface area contributed by atoms with Crippen molar-refractivity contribution >= 4 is 88.0 Å². The van der Waals surface area contributed by atoms with E-state index in [1.807, 2.05) is 0 Å². The van der Waals surface area contributed by atoms with Crippen LogP contribution in [0.15, 0.2) is 0 Å². The van der Waals surface area contributed by atoms with Crippen LogP contribution in [-0.2, 0) is 0 Å². The van der Waals surface area contributed by atoms with Crippen LogP contribution < -0.4 is 0 Å². The molecule has 0 N–H and O–H groups in total. The van der Waals surface area contributed by atoms with E-state index in [9.17, 15) is 0 Å². The Morgan fingerprint density at radius 1 is 0.250 bits per heavy atom. The molecule has 0 aromatic heterocycles. The van der Waals surface area contributed by atoms with Gasteiger partial charge in [-0.2, -0.15) is 0 Å². The van der Waals surface area contributed by atoms with Crippen molar-refractivity contribution in [1.29, 1.82) is 0 Å². The normalized spacial score (nSPS) is 0. The van der Waals surface area contributed by atoms with Crippen molar-refractivity contribution in [2.45, 2.75) is 0 Å². The average Bonchev–Trinajstić information content (AvgIpc) is 0. The summed E-state index contributed by atoms with van der Waals surface area (Å²) in [4.78, 5) is 0. The molecule has 0 heterocycles. The van der Waals surface area contributed by atoms with Gasteiger partial charge in [0.25, 0.3) is 0 Å². The maximum Gasteiger partial charge on any atom is 0 e. The molecule has 0 aromatic carbocycles. The standard InChI is InChI=1S/5Ge.3Yb. The van der Waals surface area contributed by atoms with E-state index in [0.717, 1.165) is 0 Å². The minimum Gasteiger partial charge on any atom is 0 e. The van der Waals surface area contributed by atoms with Crippen LogP contribution in [0.25, 0.3) is 0 Å². The third kappa shape index (κ3) is 37.8. The molecule has 0 spiro atoms. The van der Waals surface area contributed by atoms with Gasteiger partial charge in [0.1, 0.15) is 0 Å². The Labute approximate surface area is 221 Å². The quantitative estimate of drug-likeness (QED) is 0.250. The minimum atomic E-state index is 0. The molecule has 0 rings (SSSR count). The number of hydrogen-bond acceptors (Lipinski definition) is 0. The molecule has 0 saturated heterocycles. The maximum atomic E-state index is 0. The van der Waals surface area contributed by atoms with Crippen LogP contribution in [0.4, 0.5) is 0 Å². The second kappa shape index (κ2) is 47.5. The van der Waals surface area contributed by atoms with Gasteiger partial charge in [0.2, 0.25) is 0 Å². The summed E-state index contributed by atoms with van der Waals surface area (Å²) in [5.41, 5.74) is 0. The summed E-state index contributed by atoms with van der Waals surface area (Å²) >= 11 is 0. The molecule has 0 atom stereocenters.